The Morgan fingerprint density at radius 1 is 0.913 bits per heavy atom. The van der Waals surface area contributed by atoms with Gasteiger partial charge >= 0.3 is 30.3 Å². The number of H-pyrrole nitrogens is 1. The summed E-state index contributed by atoms with van der Waals surface area (Å²) in [4.78, 5) is 49.6. The Bertz CT molecular complexity index is 1430. The number of carbonyl (C=O) groups is 4. The lowest BCUT2D eigenvalue weighted by Crippen LogP contribution is -2.41. The normalized spacial score (nSPS) is 11.7. The molecule has 252 valence electrons. The number of carbonyl (C=O) groups excluding carboxylic acids is 1. The molecule has 0 radical (unpaired) electrons. The number of amides is 1. The molecule has 11 nitrogen and oxygen atoms in total. The van der Waals surface area contributed by atoms with E-state index in [4.69, 9.17) is 19.8 Å². The number of alkyl halides is 6. The van der Waals surface area contributed by atoms with Gasteiger partial charge in [0.1, 0.15) is 6.04 Å². The molecule has 1 atom stereocenters. The first-order valence-corrected chi connectivity index (χ1v) is 14.3. The van der Waals surface area contributed by atoms with Crippen LogP contribution in [-0.2, 0) is 27.5 Å². The zero-order chi connectivity index (χ0) is 35.1. The number of carboxylic acids is 3. The van der Waals surface area contributed by atoms with E-state index in [1.807, 2.05) is 49.6 Å². The molecule has 18 heteroatoms. The van der Waals surface area contributed by atoms with Gasteiger partial charge in [0.15, 0.2) is 0 Å². The third-order valence-electron chi connectivity index (χ3n) is 5.66. The van der Waals surface area contributed by atoms with Gasteiger partial charge in [0.05, 0.1) is 6.33 Å². The van der Waals surface area contributed by atoms with Crippen LogP contribution in [0.15, 0.2) is 55.0 Å². The fourth-order valence-electron chi connectivity index (χ4n) is 3.45. The number of carboxylic acid groups (broad SMARTS) is 3. The van der Waals surface area contributed by atoms with Crippen molar-refractivity contribution in [1.29, 1.82) is 0 Å². The molecule has 2 aromatic carbocycles. The number of aromatic nitrogens is 2. The molecule has 0 saturated heterocycles. The molecule has 0 spiro atoms. The van der Waals surface area contributed by atoms with E-state index in [2.05, 4.69) is 20.6 Å². The molecule has 0 unspecified atom stereocenters. The van der Waals surface area contributed by atoms with Gasteiger partial charge in [0.25, 0.3) is 5.91 Å². The molecule has 0 aliphatic carbocycles. The van der Waals surface area contributed by atoms with Gasteiger partial charge in [-0.3, -0.25) is 4.79 Å². The second-order valence-electron chi connectivity index (χ2n) is 9.13. The lowest BCUT2D eigenvalue weighted by molar-refractivity contribution is -0.193. The van der Waals surface area contributed by atoms with Crippen molar-refractivity contribution in [3.8, 4) is 11.1 Å². The number of nitrogens with zero attached hydrogens (tertiary/aromatic N) is 1. The number of rotatable bonds is 11. The summed E-state index contributed by atoms with van der Waals surface area (Å²) < 4.78 is 63.5. The Labute approximate surface area is 262 Å². The molecule has 3 rings (SSSR count). The summed E-state index contributed by atoms with van der Waals surface area (Å²) in [5, 5.41) is 29.8. The molecule has 0 fully saturated rings. The third kappa shape index (κ3) is 14.0. The van der Waals surface area contributed by atoms with Crippen molar-refractivity contribution in [2.45, 2.75) is 44.8 Å². The van der Waals surface area contributed by atoms with Crippen LogP contribution in [0.25, 0.3) is 11.1 Å². The van der Waals surface area contributed by atoms with E-state index in [0.717, 1.165) is 27.9 Å². The summed E-state index contributed by atoms with van der Waals surface area (Å²) >= 11 is 1.55. The Morgan fingerprint density at radius 2 is 1.50 bits per heavy atom. The van der Waals surface area contributed by atoms with E-state index in [-0.39, 0.29) is 5.91 Å². The van der Waals surface area contributed by atoms with Gasteiger partial charge < -0.3 is 30.9 Å². The van der Waals surface area contributed by atoms with E-state index >= 15 is 0 Å². The van der Waals surface area contributed by atoms with Crippen LogP contribution < -0.4 is 10.6 Å². The standard InChI is InChI=1S/C24H28N4O3S.2C2HF3O2/c1-16-5-3-4-6-19(16)21-11-17(12-25-13-18-14-26-15-27-18)7-8-20(21)23(29)28-22(24(30)31)9-10-32-2;2*3-2(4,5)1(6)7/h3-8,11,14-15,22,25H,9-10,12-13H2,1-2H3,(H,26,27)(H,28,29)(H,30,31);2*(H,6,7)/t22-;;/m0../s1. The molecule has 1 aromatic heterocycles. The number of aliphatic carboxylic acids is 3. The van der Waals surface area contributed by atoms with Crippen molar-refractivity contribution >= 4 is 35.6 Å². The topological polar surface area (TPSA) is 182 Å². The summed E-state index contributed by atoms with van der Waals surface area (Å²) in [7, 11) is 0. The van der Waals surface area contributed by atoms with Gasteiger partial charge in [-0.2, -0.15) is 38.1 Å². The molecule has 0 aliphatic rings. The summed E-state index contributed by atoms with van der Waals surface area (Å²) in [5.41, 5.74) is 5.26. The summed E-state index contributed by atoms with van der Waals surface area (Å²) in [6, 6.07) is 12.6. The minimum absolute atomic E-state index is 0.373. The zero-order valence-electron chi connectivity index (χ0n) is 24.2. The van der Waals surface area contributed by atoms with Crippen LogP contribution in [0.4, 0.5) is 26.3 Å². The van der Waals surface area contributed by atoms with Gasteiger partial charge in [-0.25, -0.2) is 19.4 Å². The Kier molecular flexibility index (Phi) is 15.8. The summed E-state index contributed by atoms with van der Waals surface area (Å²) in [6.07, 6.45) is -4.47. The highest BCUT2D eigenvalue weighted by Crippen LogP contribution is 2.28. The molecular weight excluding hydrogens is 650 g/mol. The quantitative estimate of drug-likeness (QED) is 0.153. The van der Waals surface area contributed by atoms with Crippen molar-refractivity contribution in [3.63, 3.8) is 0 Å². The molecule has 0 aliphatic heterocycles. The number of nitrogens with one attached hydrogen (secondary N) is 3. The van der Waals surface area contributed by atoms with Crippen molar-refractivity contribution in [3.05, 3.63) is 77.4 Å². The average Bonchev–Trinajstić information content (AvgIpc) is 3.48. The Morgan fingerprint density at radius 3 is 1.98 bits per heavy atom. The van der Waals surface area contributed by atoms with Gasteiger partial charge in [0.2, 0.25) is 0 Å². The van der Waals surface area contributed by atoms with E-state index in [0.29, 0.717) is 30.8 Å². The lowest BCUT2D eigenvalue weighted by atomic mass is 9.93. The second kappa shape index (κ2) is 18.4. The molecule has 46 heavy (non-hydrogen) atoms. The number of hydrogen-bond acceptors (Lipinski definition) is 7. The zero-order valence-corrected chi connectivity index (χ0v) is 25.0. The first-order valence-electron chi connectivity index (χ1n) is 12.9. The van der Waals surface area contributed by atoms with Crippen LogP contribution in [0.5, 0.6) is 0 Å². The van der Waals surface area contributed by atoms with E-state index < -0.39 is 36.3 Å². The van der Waals surface area contributed by atoms with Gasteiger partial charge in [-0.1, -0.05) is 30.3 Å². The maximum absolute atomic E-state index is 13.1. The minimum Gasteiger partial charge on any atom is -0.480 e. The SMILES string of the molecule is CSCC[C@H](NC(=O)c1ccc(CNCc2cnc[nH]2)cc1-c1ccccc1C)C(=O)O.O=C(O)C(F)(F)F.O=C(O)C(F)(F)F. The Balaban J connectivity index is 0.000000629. The maximum Gasteiger partial charge on any atom is 0.490 e. The molecular formula is C28H30F6N4O7S. The van der Waals surface area contributed by atoms with E-state index in [9.17, 15) is 41.0 Å². The fraction of sp³-hybridized carbons (Fsp3) is 0.321. The highest BCUT2D eigenvalue weighted by atomic mass is 32.2. The van der Waals surface area contributed by atoms with Crippen LogP contribution in [0.2, 0.25) is 0 Å². The molecule has 1 amide bonds. The number of halogens is 6. The number of aryl methyl sites for hydroxylation is 1. The maximum atomic E-state index is 13.1. The van der Waals surface area contributed by atoms with Gasteiger partial charge in [-0.15, -0.1) is 0 Å². The van der Waals surface area contributed by atoms with Crippen molar-refractivity contribution in [2.24, 2.45) is 0 Å². The summed E-state index contributed by atoms with van der Waals surface area (Å²) in [5.74, 6) is -6.26. The monoisotopic (exact) mass is 680 g/mol. The van der Waals surface area contributed by atoms with Crippen molar-refractivity contribution < 1.29 is 60.8 Å². The van der Waals surface area contributed by atoms with Crippen LogP contribution >= 0.6 is 11.8 Å². The predicted molar refractivity (Wildman–Crippen MR) is 155 cm³/mol. The number of hydrogen-bond donors (Lipinski definition) is 6. The van der Waals surface area contributed by atoms with Gasteiger partial charge in [-0.05, 0) is 59.7 Å². The number of imidazole rings is 1. The van der Waals surface area contributed by atoms with Crippen LogP contribution in [0.3, 0.4) is 0 Å². The van der Waals surface area contributed by atoms with E-state index in [1.54, 1.807) is 30.4 Å². The predicted octanol–water partition coefficient (Wildman–Crippen LogP) is 4.88. The molecule has 1 heterocycles. The first-order chi connectivity index (χ1) is 21.4. The third-order valence-corrected chi connectivity index (χ3v) is 6.31. The Hall–Kier alpha value is -4.58. The smallest absolute Gasteiger partial charge is 0.480 e. The second-order valence-corrected chi connectivity index (χ2v) is 10.1. The molecule has 0 saturated carbocycles. The van der Waals surface area contributed by atoms with Crippen molar-refractivity contribution in [1.82, 2.24) is 20.6 Å². The number of aromatic amines is 1. The largest absolute Gasteiger partial charge is 0.490 e. The average molecular weight is 681 g/mol. The van der Waals surface area contributed by atoms with E-state index in [1.165, 1.54) is 0 Å². The first kappa shape index (κ1) is 39.4. The number of thioether (sulfide) groups is 1. The van der Waals surface area contributed by atoms with Crippen LogP contribution in [0, 0.1) is 6.92 Å². The highest BCUT2D eigenvalue weighted by Gasteiger charge is 2.38. The highest BCUT2D eigenvalue weighted by molar-refractivity contribution is 7.98. The molecule has 6 N–H and O–H groups in total. The molecule has 0 bridgehead atoms. The van der Waals surface area contributed by atoms with Crippen molar-refractivity contribution in [2.75, 3.05) is 12.0 Å². The van der Waals surface area contributed by atoms with Crippen LogP contribution in [0.1, 0.15) is 33.6 Å². The fourth-order valence-corrected chi connectivity index (χ4v) is 3.92. The number of benzene rings is 2. The van der Waals surface area contributed by atoms with Gasteiger partial charge in [0, 0.05) is 30.5 Å². The minimum atomic E-state index is -5.08. The molecule has 3 aromatic rings. The summed E-state index contributed by atoms with van der Waals surface area (Å²) in [6.45, 7) is 3.27. The van der Waals surface area contributed by atoms with Crippen LogP contribution in [-0.4, -0.2) is 79.5 Å². The lowest BCUT2D eigenvalue weighted by Gasteiger charge is -2.18.